The Hall–Kier alpha value is -1.65. The van der Waals surface area contributed by atoms with Crippen molar-refractivity contribution in [2.75, 3.05) is 0 Å². The van der Waals surface area contributed by atoms with Crippen LogP contribution in [0.1, 0.15) is 17.5 Å². The van der Waals surface area contributed by atoms with Gasteiger partial charge in [-0.2, -0.15) is 0 Å². The molecule has 1 aromatic heterocycles. The zero-order valence-electron chi connectivity index (χ0n) is 10.4. The Morgan fingerprint density at radius 3 is 2.47 bits per heavy atom. The Kier molecular flexibility index (Phi) is 3.12. The number of para-hydroxylation sites is 2. The van der Waals surface area contributed by atoms with Gasteiger partial charge in [0.05, 0.1) is 11.0 Å². The molecule has 0 fully saturated rings. The number of hydrogen-bond acceptors (Lipinski definition) is 2. The van der Waals surface area contributed by atoms with E-state index >= 15 is 0 Å². The van der Waals surface area contributed by atoms with Crippen LogP contribution in [0.25, 0.3) is 11.0 Å². The monoisotopic (exact) mass is 316 g/mol. The van der Waals surface area contributed by atoms with Crippen molar-refractivity contribution in [2.45, 2.75) is 6.10 Å². The lowest BCUT2D eigenvalue weighted by molar-refractivity contribution is 0.207. The Morgan fingerprint density at radius 2 is 1.79 bits per heavy atom. The van der Waals surface area contributed by atoms with E-state index in [1.807, 2.05) is 60.1 Å². The van der Waals surface area contributed by atoms with Crippen LogP contribution in [0.5, 0.6) is 0 Å². The predicted molar refractivity (Wildman–Crippen MR) is 78.9 cm³/mol. The highest BCUT2D eigenvalue weighted by atomic mass is 79.9. The SMILES string of the molecule is Cn1c([C@@H](O)c2ccc(Br)cc2)nc2ccccc21. The Labute approximate surface area is 119 Å². The number of aliphatic hydroxyl groups is 1. The number of imidazole rings is 1. The average molecular weight is 317 g/mol. The molecule has 3 rings (SSSR count). The molecule has 2 aromatic carbocycles. The second-order valence-corrected chi connectivity index (χ2v) is 5.39. The molecule has 3 aromatic rings. The number of halogens is 1. The van der Waals surface area contributed by atoms with Crippen molar-refractivity contribution in [1.82, 2.24) is 9.55 Å². The van der Waals surface area contributed by atoms with E-state index in [1.54, 1.807) is 0 Å². The van der Waals surface area contributed by atoms with E-state index in [4.69, 9.17) is 0 Å². The third-order valence-electron chi connectivity index (χ3n) is 3.25. The van der Waals surface area contributed by atoms with Gasteiger partial charge in [0.25, 0.3) is 0 Å². The molecule has 0 radical (unpaired) electrons. The van der Waals surface area contributed by atoms with Gasteiger partial charge in [0.15, 0.2) is 0 Å². The molecule has 1 atom stereocenters. The highest BCUT2D eigenvalue weighted by Crippen LogP contribution is 2.25. The Morgan fingerprint density at radius 1 is 1.11 bits per heavy atom. The molecule has 0 saturated carbocycles. The van der Waals surface area contributed by atoms with Crippen molar-refractivity contribution in [1.29, 1.82) is 0 Å². The van der Waals surface area contributed by atoms with Crippen LogP contribution in [0.3, 0.4) is 0 Å². The molecule has 19 heavy (non-hydrogen) atoms. The van der Waals surface area contributed by atoms with Crippen LogP contribution >= 0.6 is 15.9 Å². The first-order valence-electron chi connectivity index (χ1n) is 6.01. The minimum atomic E-state index is -0.717. The van der Waals surface area contributed by atoms with Crippen molar-refractivity contribution < 1.29 is 5.11 Å². The third kappa shape index (κ3) is 2.17. The predicted octanol–water partition coefficient (Wildman–Crippen LogP) is 3.42. The summed E-state index contributed by atoms with van der Waals surface area (Å²) < 4.78 is 2.93. The summed E-state index contributed by atoms with van der Waals surface area (Å²) in [5.74, 6) is 0.656. The van der Waals surface area contributed by atoms with Gasteiger partial charge >= 0.3 is 0 Å². The van der Waals surface area contributed by atoms with Crippen LogP contribution in [-0.2, 0) is 7.05 Å². The largest absolute Gasteiger partial charge is 0.380 e. The summed E-state index contributed by atoms with van der Waals surface area (Å²) in [6, 6.07) is 15.5. The zero-order chi connectivity index (χ0) is 13.4. The van der Waals surface area contributed by atoms with Crippen molar-refractivity contribution >= 4 is 27.0 Å². The summed E-state index contributed by atoms with van der Waals surface area (Å²) in [5, 5.41) is 10.5. The normalized spacial score (nSPS) is 12.8. The number of fused-ring (bicyclic) bond motifs is 1. The van der Waals surface area contributed by atoms with Crippen molar-refractivity contribution in [2.24, 2.45) is 7.05 Å². The molecule has 0 unspecified atom stereocenters. The topological polar surface area (TPSA) is 38.0 Å². The molecule has 0 amide bonds. The highest BCUT2D eigenvalue weighted by molar-refractivity contribution is 9.10. The van der Waals surface area contributed by atoms with Crippen LogP contribution in [0.15, 0.2) is 53.0 Å². The molecule has 0 aliphatic carbocycles. The van der Waals surface area contributed by atoms with Gasteiger partial charge in [0.2, 0.25) is 0 Å². The second kappa shape index (κ2) is 4.79. The summed E-state index contributed by atoms with van der Waals surface area (Å²) in [6.45, 7) is 0. The molecular formula is C15H13BrN2O. The molecule has 0 aliphatic rings. The molecule has 96 valence electrons. The van der Waals surface area contributed by atoms with Gasteiger partial charge in [0.1, 0.15) is 11.9 Å². The molecule has 1 heterocycles. The van der Waals surface area contributed by atoms with E-state index in [0.717, 1.165) is 21.1 Å². The van der Waals surface area contributed by atoms with Crippen LogP contribution in [-0.4, -0.2) is 14.7 Å². The second-order valence-electron chi connectivity index (χ2n) is 4.47. The van der Waals surface area contributed by atoms with Crippen molar-refractivity contribution in [3.63, 3.8) is 0 Å². The fraction of sp³-hybridized carbons (Fsp3) is 0.133. The molecule has 0 aliphatic heterocycles. The van der Waals surface area contributed by atoms with E-state index in [0.29, 0.717) is 5.82 Å². The summed E-state index contributed by atoms with van der Waals surface area (Å²) >= 11 is 3.39. The number of aliphatic hydroxyl groups excluding tert-OH is 1. The van der Waals surface area contributed by atoms with Crippen LogP contribution in [0.2, 0.25) is 0 Å². The van der Waals surface area contributed by atoms with E-state index in [9.17, 15) is 5.11 Å². The van der Waals surface area contributed by atoms with Gasteiger partial charge in [-0.25, -0.2) is 4.98 Å². The maximum Gasteiger partial charge on any atom is 0.143 e. The number of nitrogens with zero attached hydrogens (tertiary/aromatic N) is 2. The molecule has 0 bridgehead atoms. The quantitative estimate of drug-likeness (QED) is 0.786. The molecule has 4 heteroatoms. The fourth-order valence-electron chi connectivity index (χ4n) is 2.20. The fourth-order valence-corrected chi connectivity index (χ4v) is 2.47. The Balaban J connectivity index is 2.08. The van der Waals surface area contributed by atoms with Crippen LogP contribution in [0.4, 0.5) is 0 Å². The first kappa shape index (κ1) is 12.4. The lowest BCUT2D eigenvalue weighted by Crippen LogP contribution is -2.07. The van der Waals surface area contributed by atoms with Gasteiger partial charge in [-0.1, -0.05) is 40.2 Å². The van der Waals surface area contributed by atoms with Gasteiger partial charge in [0, 0.05) is 11.5 Å². The van der Waals surface area contributed by atoms with E-state index in [2.05, 4.69) is 20.9 Å². The molecule has 0 spiro atoms. The minimum Gasteiger partial charge on any atom is -0.380 e. The molecule has 1 N–H and O–H groups in total. The first-order chi connectivity index (χ1) is 9.16. The maximum atomic E-state index is 10.5. The number of hydrogen-bond donors (Lipinski definition) is 1. The van der Waals surface area contributed by atoms with Gasteiger partial charge in [-0.15, -0.1) is 0 Å². The maximum absolute atomic E-state index is 10.5. The molecular weight excluding hydrogens is 304 g/mol. The van der Waals surface area contributed by atoms with E-state index in [1.165, 1.54) is 0 Å². The highest BCUT2D eigenvalue weighted by Gasteiger charge is 2.17. The van der Waals surface area contributed by atoms with Gasteiger partial charge in [-0.05, 0) is 29.8 Å². The smallest absolute Gasteiger partial charge is 0.143 e. The zero-order valence-corrected chi connectivity index (χ0v) is 12.0. The Bertz CT molecular complexity index is 719. The average Bonchev–Trinajstić information content (AvgIpc) is 2.77. The van der Waals surface area contributed by atoms with Crippen molar-refractivity contribution in [3.05, 3.63) is 64.4 Å². The summed E-state index contributed by atoms with van der Waals surface area (Å²) in [5.41, 5.74) is 2.76. The van der Waals surface area contributed by atoms with E-state index < -0.39 is 6.10 Å². The third-order valence-corrected chi connectivity index (χ3v) is 3.78. The lowest BCUT2D eigenvalue weighted by Gasteiger charge is -2.11. The van der Waals surface area contributed by atoms with E-state index in [-0.39, 0.29) is 0 Å². The number of aromatic nitrogens is 2. The van der Waals surface area contributed by atoms with Crippen LogP contribution in [0, 0.1) is 0 Å². The number of benzene rings is 2. The van der Waals surface area contributed by atoms with Gasteiger partial charge in [-0.3, -0.25) is 0 Å². The molecule has 3 nitrogen and oxygen atoms in total. The van der Waals surface area contributed by atoms with Crippen molar-refractivity contribution in [3.8, 4) is 0 Å². The van der Waals surface area contributed by atoms with Crippen LogP contribution < -0.4 is 0 Å². The first-order valence-corrected chi connectivity index (χ1v) is 6.81. The molecule has 0 saturated heterocycles. The minimum absolute atomic E-state index is 0.656. The summed E-state index contributed by atoms with van der Waals surface area (Å²) in [6.07, 6.45) is -0.717. The lowest BCUT2D eigenvalue weighted by atomic mass is 10.1. The standard InChI is InChI=1S/C15H13BrN2O/c1-18-13-5-3-2-4-12(13)17-15(18)14(19)10-6-8-11(16)9-7-10/h2-9,14,19H,1H3/t14-/m0/s1. The number of aryl methyl sites for hydroxylation is 1. The summed E-state index contributed by atoms with van der Waals surface area (Å²) in [7, 11) is 1.92. The van der Waals surface area contributed by atoms with Gasteiger partial charge < -0.3 is 9.67 Å². The summed E-state index contributed by atoms with van der Waals surface area (Å²) in [4.78, 5) is 4.51. The number of rotatable bonds is 2.